The molecule has 2 atom stereocenters. The van der Waals surface area contributed by atoms with Crippen LogP contribution in [0, 0.1) is 0 Å². The van der Waals surface area contributed by atoms with Gasteiger partial charge in [-0.1, -0.05) is 78.8 Å². The van der Waals surface area contributed by atoms with E-state index in [0.29, 0.717) is 6.04 Å². The summed E-state index contributed by atoms with van der Waals surface area (Å²) in [5.74, 6) is 1.04. The highest BCUT2D eigenvalue weighted by Crippen LogP contribution is 2.37. The van der Waals surface area contributed by atoms with E-state index in [2.05, 4.69) is 73.0 Å². The van der Waals surface area contributed by atoms with Gasteiger partial charge in [-0.25, -0.2) is 0 Å². The highest BCUT2D eigenvalue weighted by atomic mass is 35.5. The van der Waals surface area contributed by atoms with Gasteiger partial charge in [-0.3, -0.25) is 4.57 Å². The number of hydrogen-bond donors (Lipinski definition) is 1. The van der Waals surface area contributed by atoms with Crippen LogP contribution in [-0.4, -0.2) is 28.9 Å². The van der Waals surface area contributed by atoms with E-state index in [0.717, 1.165) is 34.5 Å². The third-order valence-corrected chi connectivity index (χ3v) is 6.44. The van der Waals surface area contributed by atoms with Crippen molar-refractivity contribution >= 4 is 23.4 Å². The molecule has 0 saturated heterocycles. The quantitative estimate of drug-likeness (QED) is 0.553. The van der Waals surface area contributed by atoms with Crippen LogP contribution in [0.3, 0.4) is 0 Å². The molecule has 0 bridgehead atoms. The van der Waals surface area contributed by atoms with Gasteiger partial charge in [0.15, 0.2) is 11.0 Å². The van der Waals surface area contributed by atoms with Crippen molar-refractivity contribution in [2.24, 2.45) is 0 Å². The maximum atomic E-state index is 6.42. The van der Waals surface area contributed by atoms with Gasteiger partial charge in [-0.15, -0.1) is 10.2 Å². The van der Waals surface area contributed by atoms with Crippen molar-refractivity contribution in [3.8, 4) is 0 Å². The Balaban J connectivity index is 1.96. The lowest BCUT2D eigenvalue weighted by atomic mass is 10.2. The molecule has 0 saturated carbocycles. The maximum Gasteiger partial charge on any atom is 0.192 e. The number of benzene rings is 2. The van der Waals surface area contributed by atoms with E-state index in [1.807, 2.05) is 24.3 Å². The standard InChI is InChI=1S/C22H27ClN4S/c1-5-20(26(3)4)21-24-25-22(27(21)15-17-11-7-6-8-12-17)28-16(2)18-13-9-10-14-19(18)23/h6-14,16,20H,5,15H2,1-4H3/p+1/t16-,20-/m0/s1. The van der Waals surface area contributed by atoms with Crippen molar-refractivity contribution < 1.29 is 4.90 Å². The first-order valence-corrected chi connectivity index (χ1v) is 10.9. The molecular formula is C22H28ClN4S+. The number of halogens is 1. The molecule has 6 heteroatoms. The van der Waals surface area contributed by atoms with E-state index in [-0.39, 0.29) is 5.25 Å². The molecule has 0 aliphatic heterocycles. The summed E-state index contributed by atoms with van der Waals surface area (Å²) in [6.45, 7) is 5.14. The molecule has 1 N–H and O–H groups in total. The van der Waals surface area contributed by atoms with Gasteiger partial charge in [-0.05, 0) is 24.1 Å². The Labute approximate surface area is 176 Å². The monoisotopic (exact) mass is 415 g/mol. The van der Waals surface area contributed by atoms with E-state index in [4.69, 9.17) is 11.6 Å². The maximum absolute atomic E-state index is 6.42. The second kappa shape index (κ2) is 9.59. The predicted octanol–water partition coefficient (Wildman–Crippen LogP) is 4.43. The van der Waals surface area contributed by atoms with Crippen LogP contribution in [0.1, 0.15) is 48.5 Å². The van der Waals surface area contributed by atoms with Crippen LogP contribution in [0.2, 0.25) is 5.02 Å². The lowest BCUT2D eigenvalue weighted by Gasteiger charge is -2.21. The van der Waals surface area contributed by atoms with Gasteiger partial charge >= 0.3 is 0 Å². The normalized spacial score (nSPS) is 13.6. The zero-order valence-electron chi connectivity index (χ0n) is 16.9. The lowest BCUT2D eigenvalue weighted by Crippen LogP contribution is -3.06. The Bertz CT molecular complexity index is 895. The molecule has 3 aromatic rings. The van der Waals surface area contributed by atoms with Crippen LogP contribution in [0.15, 0.2) is 59.8 Å². The smallest absolute Gasteiger partial charge is 0.192 e. The van der Waals surface area contributed by atoms with Gasteiger partial charge in [0.1, 0.15) is 6.04 Å². The minimum Gasteiger partial charge on any atom is -0.331 e. The third-order valence-electron chi connectivity index (χ3n) is 4.97. The van der Waals surface area contributed by atoms with Gasteiger partial charge in [0, 0.05) is 16.7 Å². The highest BCUT2D eigenvalue weighted by molar-refractivity contribution is 7.99. The SMILES string of the molecule is CC[C@@H](c1nnc(S[C@@H](C)c2ccccc2Cl)n1Cc1ccccc1)[NH+](C)C. The Morgan fingerprint density at radius 3 is 2.36 bits per heavy atom. The van der Waals surface area contributed by atoms with Crippen LogP contribution in [0.4, 0.5) is 0 Å². The van der Waals surface area contributed by atoms with Crippen molar-refractivity contribution in [1.82, 2.24) is 14.8 Å². The minimum atomic E-state index is 0.187. The first-order chi connectivity index (χ1) is 13.5. The first kappa shape index (κ1) is 20.9. The third kappa shape index (κ3) is 4.77. The van der Waals surface area contributed by atoms with Crippen LogP contribution in [0.25, 0.3) is 0 Å². The van der Waals surface area contributed by atoms with E-state index in [9.17, 15) is 0 Å². The van der Waals surface area contributed by atoms with Gasteiger partial charge in [-0.2, -0.15) is 0 Å². The Morgan fingerprint density at radius 2 is 1.71 bits per heavy atom. The van der Waals surface area contributed by atoms with Gasteiger partial charge in [0.2, 0.25) is 0 Å². The second-order valence-electron chi connectivity index (χ2n) is 7.23. The van der Waals surface area contributed by atoms with E-state index >= 15 is 0 Å². The predicted molar refractivity (Wildman–Crippen MR) is 117 cm³/mol. The molecule has 1 heterocycles. The number of rotatable bonds is 8. The van der Waals surface area contributed by atoms with Crippen LogP contribution in [-0.2, 0) is 6.54 Å². The topological polar surface area (TPSA) is 35.1 Å². The molecule has 0 unspecified atom stereocenters. The summed E-state index contributed by atoms with van der Waals surface area (Å²) in [5.41, 5.74) is 2.37. The number of quaternary nitrogens is 1. The van der Waals surface area contributed by atoms with Crippen molar-refractivity contribution in [3.05, 3.63) is 76.6 Å². The fourth-order valence-electron chi connectivity index (χ4n) is 3.43. The molecule has 0 radical (unpaired) electrons. The summed E-state index contributed by atoms with van der Waals surface area (Å²) < 4.78 is 2.27. The summed E-state index contributed by atoms with van der Waals surface area (Å²) in [5, 5.41) is 11.1. The van der Waals surface area contributed by atoms with Gasteiger partial charge < -0.3 is 4.90 Å². The molecule has 0 spiro atoms. The fourth-order valence-corrected chi connectivity index (χ4v) is 4.82. The minimum absolute atomic E-state index is 0.187. The molecule has 0 aliphatic rings. The molecule has 0 aliphatic carbocycles. The van der Waals surface area contributed by atoms with Crippen LogP contribution < -0.4 is 4.90 Å². The summed E-state index contributed by atoms with van der Waals surface area (Å²) >= 11 is 8.13. The Kier molecular flexibility index (Phi) is 7.16. The highest BCUT2D eigenvalue weighted by Gasteiger charge is 2.26. The molecule has 148 valence electrons. The van der Waals surface area contributed by atoms with Crippen molar-refractivity contribution in [2.45, 2.75) is 43.3 Å². The summed E-state index contributed by atoms with van der Waals surface area (Å²) in [4.78, 5) is 1.36. The van der Waals surface area contributed by atoms with E-state index in [1.54, 1.807) is 11.8 Å². The number of nitrogens with one attached hydrogen (secondary N) is 1. The van der Waals surface area contributed by atoms with Crippen molar-refractivity contribution in [1.29, 1.82) is 0 Å². The largest absolute Gasteiger partial charge is 0.331 e. The van der Waals surface area contributed by atoms with E-state index < -0.39 is 0 Å². The van der Waals surface area contributed by atoms with Crippen LogP contribution in [0.5, 0.6) is 0 Å². The van der Waals surface area contributed by atoms with Gasteiger partial charge in [0.25, 0.3) is 0 Å². The van der Waals surface area contributed by atoms with Crippen LogP contribution >= 0.6 is 23.4 Å². The first-order valence-electron chi connectivity index (χ1n) is 9.69. The average molecular weight is 416 g/mol. The summed E-state index contributed by atoms with van der Waals surface area (Å²) in [6, 6.07) is 18.8. The molecule has 0 amide bonds. The van der Waals surface area contributed by atoms with E-state index in [1.165, 1.54) is 10.5 Å². The summed E-state index contributed by atoms with van der Waals surface area (Å²) in [7, 11) is 4.35. The zero-order chi connectivity index (χ0) is 20.1. The molecule has 0 fully saturated rings. The zero-order valence-corrected chi connectivity index (χ0v) is 18.5. The number of aromatic nitrogens is 3. The molecule has 28 heavy (non-hydrogen) atoms. The lowest BCUT2D eigenvalue weighted by molar-refractivity contribution is -0.893. The van der Waals surface area contributed by atoms with Crippen molar-refractivity contribution in [3.63, 3.8) is 0 Å². The number of thioether (sulfide) groups is 1. The Hall–Kier alpha value is -1.82. The summed E-state index contributed by atoms with van der Waals surface area (Å²) in [6.07, 6.45) is 1.01. The van der Waals surface area contributed by atoms with Crippen molar-refractivity contribution in [2.75, 3.05) is 14.1 Å². The Morgan fingerprint density at radius 1 is 1.04 bits per heavy atom. The number of hydrogen-bond acceptors (Lipinski definition) is 3. The number of nitrogens with zero attached hydrogens (tertiary/aromatic N) is 3. The fraction of sp³-hybridized carbons (Fsp3) is 0.364. The molecule has 4 nitrogen and oxygen atoms in total. The second-order valence-corrected chi connectivity index (χ2v) is 8.95. The molecule has 2 aromatic carbocycles. The molecular weight excluding hydrogens is 388 g/mol. The molecule has 3 rings (SSSR count). The molecule has 1 aromatic heterocycles. The van der Waals surface area contributed by atoms with Gasteiger partial charge in [0.05, 0.1) is 20.6 Å². The average Bonchev–Trinajstić information content (AvgIpc) is 3.05.